The van der Waals surface area contributed by atoms with Crippen molar-refractivity contribution in [3.8, 4) is 44.7 Å². The summed E-state index contributed by atoms with van der Waals surface area (Å²) in [5, 5.41) is 3.21. The summed E-state index contributed by atoms with van der Waals surface area (Å²) in [4.78, 5) is 19.4. The van der Waals surface area contributed by atoms with Gasteiger partial charge in [-0.2, -0.15) is 0 Å². The van der Waals surface area contributed by atoms with Crippen molar-refractivity contribution in [1.29, 1.82) is 0 Å². The molecule has 5 nitrogen and oxygen atoms in total. The molecule has 0 aliphatic heterocycles. The zero-order valence-corrected chi connectivity index (χ0v) is 22.0. The van der Waals surface area contributed by atoms with Gasteiger partial charge in [-0.05, 0) is 12.1 Å². The van der Waals surface area contributed by atoms with Crippen molar-refractivity contribution in [3.63, 3.8) is 0 Å². The van der Waals surface area contributed by atoms with Crippen LogP contribution in [0.3, 0.4) is 0 Å². The first-order valence-corrected chi connectivity index (χ1v) is 13.8. The van der Waals surface area contributed by atoms with Crippen LogP contribution in [0.5, 0.6) is 0 Å². The van der Waals surface area contributed by atoms with Gasteiger partial charge < -0.3 is 4.42 Å². The molecule has 0 aliphatic carbocycles. The summed E-state index contributed by atoms with van der Waals surface area (Å²) in [6.45, 7) is 0. The summed E-state index contributed by atoms with van der Waals surface area (Å²) in [6, 6.07) is 40.7. The quantitative estimate of drug-likeness (QED) is 0.226. The predicted octanol–water partition coefficient (Wildman–Crippen LogP) is 9.05. The number of rotatable bonds is 4. The van der Waals surface area contributed by atoms with Crippen LogP contribution in [0, 0.1) is 0 Å². The van der Waals surface area contributed by atoms with E-state index in [2.05, 4.69) is 36.4 Å². The Bertz CT molecular complexity index is 2090. The molecule has 8 rings (SSSR count). The van der Waals surface area contributed by atoms with Crippen molar-refractivity contribution < 1.29 is 4.42 Å². The molecule has 0 unspecified atom stereocenters. The van der Waals surface area contributed by atoms with E-state index < -0.39 is 0 Å². The molecule has 188 valence electrons. The van der Waals surface area contributed by atoms with Crippen LogP contribution in [0.2, 0.25) is 0 Å². The molecule has 5 aromatic carbocycles. The first kappa shape index (κ1) is 22.8. The highest BCUT2D eigenvalue weighted by Crippen LogP contribution is 2.37. The number of benzene rings is 5. The molecule has 0 aliphatic rings. The number of aromatic nitrogens is 4. The van der Waals surface area contributed by atoms with Gasteiger partial charge in [0.1, 0.15) is 16.2 Å². The van der Waals surface area contributed by atoms with Crippen LogP contribution in [-0.2, 0) is 0 Å². The molecule has 0 spiro atoms. The summed E-state index contributed by atoms with van der Waals surface area (Å²) in [5.74, 6) is 1.93. The maximum atomic E-state index is 6.07. The average Bonchev–Trinajstić information content (AvgIpc) is 3.61. The van der Waals surface area contributed by atoms with Gasteiger partial charge in [-0.3, -0.25) is 0 Å². The summed E-state index contributed by atoms with van der Waals surface area (Å²) >= 11 is 1.68. The van der Waals surface area contributed by atoms with E-state index in [-0.39, 0.29) is 0 Å². The number of thiazole rings is 1. The van der Waals surface area contributed by atoms with Gasteiger partial charge in [0.15, 0.2) is 17.5 Å². The first-order valence-electron chi connectivity index (χ1n) is 13.0. The minimum atomic E-state index is 0.635. The average molecular weight is 533 g/mol. The lowest BCUT2D eigenvalue weighted by molar-refractivity contribution is 0.669. The van der Waals surface area contributed by atoms with Crippen molar-refractivity contribution >= 4 is 43.5 Å². The van der Waals surface area contributed by atoms with E-state index >= 15 is 0 Å². The zero-order chi connectivity index (χ0) is 26.5. The first-order chi connectivity index (χ1) is 19.8. The Hall–Kier alpha value is -5.20. The highest BCUT2D eigenvalue weighted by Gasteiger charge is 2.14. The Kier molecular flexibility index (Phi) is 5.24. The molecule has 0 amide bonds. The second kappa shape index (κ2) is 9.22. The molecule has 0 fully saturated rings. The fourth-order valence-corrected chi connectivity index (χ4v) is 5.96. The Morgan fingerprint density at radius 2 is 1.00 bits per heavy atom. The number of furan rings is 1. The van der Waals surface area contributed by atoms with Crippen molar-refractivity contribution in [3.05, 3.63) is 121 Å². The van der Waals surface area contributed by atoms with Crippen LogP contribution in [0.1, 0.15) is 0 Å². The Morgan fingerprint density at radius 3 is 1.65 bits per heavy atom. The van der Waals surface area contributed by atoms with Crippen molar-refractivity contribution in [1.82, 2.24) is 19.9 Å². The standard InChI is InChI=1S/C34H20N4OS/c1-3-9-21(10-4-1)31-36-32(22-11-5-2-6-12-22)38-33(37-31)23-15-17-24(18-16-23)34-35-27-20-29-26(19-30(27)40-34)25-13-7-8-14-28(25)39-29/h1-20H. The van der Waals surface area contributed by atoms with E-state index in [9.17, 15) is 0 Å². The van der Waals surface area contributed by atoms with Crippen LogP contribution >= 0.6 is 11.3 Å². The molecule has 40 heavy (non-hydrogen) atoms. The van der Waals surface area contributed by atoms with E-state index in [1.165, 1.54) is 0 Å². The van der Waals surface area contributed by atoms with Crippen LogP contribution < -0.4 is 0 Å². The molecule has 0 saturated carbocycles. The van der Waals surface area contributed by atoms with E-state index in [0.29, 0.717) is 17.5 Å². The second-order valence-corrected chi connectivity index (χ2v) is 10.6. The van der Waals surface area contributed by atoms with Crippen molar-refractivity contribution in [2.75, 3.05) is 0 Å². The van der Waals surface area contributed by atoms with Crippen LogP contribution in [0.4, 0.5) is 0 Å². The van der Waals surface area contributed by atoms with Crippen LogP contribution in [0.25, 0.3) is 76.9 Å². The van der Waals surface area contributed by atoms with Crippen LogP contribution in [-0.4, -0.2) is 19.9 Å². The molecule has 0 bridgehead atoms. The minimum Gasteiger partial charge on any atom is -0.456 e. The summed E-state index contributed by atoms with van der Waals surface area (Å²) in [7, 11) is 0. The van der Waals surface area contributed by atoms with Crippen LogP contribution in [0.15, 0.2) is 126 Å². The fraction of sp³-hybridized carbons (Fsp3) is 0. The van der Waals surface area contributed by atoms with Crippen molar-refractivity contribution in [2.24, 2.45) is 0 Å². The smallest absolute Gasteiger partial charge is 0.164 e. The molecular formula is C34H20N4OS. The summed E-state index contributed by atoms with van der Waals surface area (Å²) < 4.78 is 7.20. The lowest BCUT2D eigenvalue weighted by Gasteiger charge is -2.08. The van der Waals surface area contributed by atoms with Crippen molar-refractivity contribution in [2.45, 2.75) is 0 Å². The lowest BCUT2D eigenvalue weighted by Crippen LogP contribution is -2.00. The Balaban J connectivity index is 1.19. The summed E-state index contributed by atoms with van der Waals surface area (Å²) in [5.41, 5.74) is 6.57. The van der Waals surface area contributed by atoms with Gasteiger partial charge in [-0.1, -0.05) is 103 Å². The van der Waals surface area contributed by atoms with E-state index in [1.54, 1.807) is 11.3 Å². The predicted molar refractivity (Wildman–Crippen MR) is 162 cm³/mol. The van der Waals surface area contributed by atoms with E-state index in [1.807, 2.05) is 84.9 Å². The largest absolute Gasteiger partial charge is 0.456 e. The molecular weight excluding hydrogens is 512 g/mol. The number of hydrogen-bond donors (Lipinski definition) is 0. The van der Waals surface area contributed by atoms with E-state index in [0.717, 1.165) is 59.4 Å². The maximum Gasteiger partial charge on any atom is 0.164 e. The number of para-hydroxylation sites is 1. The van der Waals surface area contributed by atoms with Gasteiger partial charge in [0, 0.05) is 39.1 Å². The third-order valence-corrected chi connectivity index (χ3v) is 8.04. The fourth-order valence-electron chi connectivity index (χ4n) is 4.97. The number of fused-ring (bicyclic) bond motifs is 4. The SMILES string of the molecule is c1ccc(-c2nc(-c3ccccc3)nc(-c3ccc(-c4nc5cc6oc7ccccc7c6cc5s4)cc3)n2)cc1. The van der Waals surface area contributed by atoms with Gasteiger partial charge >= 0.3 is 0 Å². The van der Waals surface area contributed by atoms with Gasteiger partial charge in [0.2, 0.25) is 0 Å². The highest BCUT2D eigenvalue weighted by molar-refractivity contribution is 7.21. The molecule has 0 radical (unpaired) electrons. The maximum absolute atomic E-state index is 6.07. The number of nitrogens with zero attached hydrogens (tertiary/aromatic N) is 4. The minimum absolute atomic E-state index is 0.635. The molecule has 0 saturated heterocycles. The monoisotopic (exact) mass is 532 g/mol. The molecule has 6 heteroatoms. The molecule has 0 N–H and O–H groups in total. The molecule has 3 heterocycles. The Labute approximate surface area is 233 Å². The van der Waals surface area contributed by atoms with Gasteiger partial charge in [0.25, 0.3) is 0 Å². The summed E-state index contributed by atoms with van der Waals surface area (Å²) in [6.07, 6.45) is 0. The third-order valence-electron chi connectivity index (χ3n) is 6.98. The zero-order valence-electron chi connectivity index (χ0n) is 21.2. The topological polar surface area (TPSA) is 64.7 Å². The Morgan fingerprint density at radius 1 is 0.450 bits per heavy atom. The van der Waals surface area contributed by atoms with Gasteiger partial charge in [-0.25, -0.2) is 19.9 Å². The normalized spacial score (nSPS) is 11.5. The molecule has 0 atom stereocenters. The lowest BCUT2D eigenvalue weighted by atomic mass is 10.1. The number of hydrogen-bond acceptors (Lipinski definition) is 6. The second-order valence-electron chi connectivity index (χ2n) is 9.55. The molecule has 3 aromatic heterocycles. The van der Waals surface area contributed by atoms with Gasteiger partial charge in [-0.15, -0.1) is 11.3 Å². The van der Waals surface area contributed by atoms with E-state index in [4.69, 9.17) is 24.4 Å². The highest BCUT2D eigenvalue weighted by atomic mass is 32.1. The molecule has 8 aromatic rings. The van der Waals surface area contributed by atoms with Gasteiger partial charge in [0.05, 0.1) is 10.2 Å². The third kappa shape index (κ3) is 3.94.